The molecule has 0 fully saturated rings. The molecule has 11 heteroatoms. The molecule has 9 nitrogen and oxygen atoms in total. The molecule has 0 unspecified atom stereocenters. The first-order valence-electron chi connectivity index (χ1n) is 8.20. The number of sulfonamides is 2. The summed E-state index contributed by atoms with van der Waals surface area (Å²) in [5.41, 5.74) is 0.471. The third-order valence-electron chi connectivity index (χ3n) is 3.69. The highest BCUT2D eigenvalue weighted by Gasteiger charge is 2.20. The molecule has 4 N–H and O–H groups in total. The van der Waals surface area contributed by atoms with Crippen LogP contribution in [0.25, 0.3) is 0 Å². The normalized spacial score (nSPS) is 11.7. The van der Waals surface area contributed by atoms with Crippen LogP contribution in [-0.4, -0.2) is 36.5 Å². The monoisotopic (exact) mass is 427 g/mol. The summed E-state index contributed by atoms with van der Waals surface area (Å²) < 4.78 is 55.8. The molecule has 28 heavy (non-hydrogen) atoms. The number of nitrogens with one attached hydrogen (secondary N) is 2. The van der Waals surface area contributed by atoms with Gasteiger partial charge in [0.15, 0.2) is 0 Å². The highest BCUT2D eigenvalue weighted by molar-refractivity contribution is 7.92. The molecule has 0 aliphatic heterocycles. The zero-order chi connectivity index (χ0) is 20.9. The predicted molar refractivity (Wildman–Crippen MR) is 105 cm³/mol. The zero-order valence-corrected chi connectivity index (χ0v) is 16.9. The maximum Gasteiger partial charge on any atom is 0.337 e. The summed E-state index contributed by atoms with van der Waals surface area (Å²) in [6, 6.07) is 9.13. The van der Waals surface area contributed by atoms with Gasteiger partial charge in [0.05, 0.1) is 33.8 Å². The maximum absolute atomic E-state index is 12.8. The van der Waals surface area contributed by atoms with Gasteiger partial charge in [-0.1, -0.05) is 13.0 Å². The second-order valence-corrected chi connectivity index (χ2v) is 9.05. The van der Waals surface area contributed by atoms with Crippen molar-refractivity contribution in [3.63, 3.8) is 0 Å². The molecule has 0 aromatic heterocycles. The first-order chi connectivity index (χ1) is 13.1. The number of hydrogen-bond donors (Lipinski definition) is 3. The number of hydrogen-bond acceptors (Lipinski definition) is 7. The van der Waals surface area contributed by atoms with E-state index in [1.54, 1.807) is 0 Å². The Balaban J connectivity index is 2.48. The Bertz CT molecular complexity index is 1080. The van der Waals surface area contributed by atoms with Crippen LogP contribution in [0.2, 0.25) is 0 Å². The second kappa shape index (κ2) is 8.59. The van der Waals surface area contributed by atoms with Crippen molar-refractivity contribution in [3.8, 4) is 0 Å². The number of nitrogens with two attached hydrogens (primary N) is 1. The van der Waals surface area contributed by atoms with Gasteiger partial charge in [-0.15, -0.1) is 0 Å². The molecule has 0 saturated heterocycles. The van der Waals surface area contributed by atoms with E-state index in [4.69, 9.17) is 5.14 Å². The summed E-state index contributed by atoms with van der Waals surface area (Å²) in [7, 11) is -6.96. The summed E-state index contributed by atoms with van der Waals surface area (Å²) in [5.74, 6) is -0.682. The van der Waals surface area contributed by atoms with Gasteiger partial charge in [-0.3, -0.25) is 4.72 Å². The van der Waals surface area contributed by atoms with Crippen molar-refractivity contribution in [2.24, 2.45) is 5.14 Å². The highest BCUT2D eigenvalue weighted by atomic mass is 32.2. The van der Waals surface area contributed by atoms with E-state index in [0.29, 0.717) is 12.2 Å². The Morgan fingerprint density at radius 1 is 1.04 bits per heavy atom. The minimum absolute atomic E-state index is 0.0171. The third kappa shape index (κ3) is 5.21. The fourth-order valence-corrected chi connectivity index (χ4v) is 3.97. The molecule has 152 valence electrons. The Morgan fingerprint density at radius 2 is 1.75 bits per heavy atom. The highest BCUT2D eigenvalue weighted by Crippen LogP contribution is 2.28. The minimum Gasteiger partial charge on any atom is -0.465 e. The molecule has 0 aliphatic rings. The van der Waals surface area contributed by atoms with Crippen LogP contribution in [0, 0.1) is 0 Å². The van der Waals surface area contributed by atoms with Crippen LogP contribution in [0.1, 0.15) is 23.7 Å². The first kappa shape index (κ1) is 21.7. The molecule has 0 atom stereocenters. The fraction of sp³-hybridized carbons (Fsp3) is 0.235. The van der Waals surface area contributed by atoms with Crippen molar-refractivity contribution in [2.75, 3.05) is 23.7 Å². The number of carbonyl (C=O) groups is 1. The van der Waals surface area contributed by atoms with Crippen molar-refractivity contribution in [2.45, 2.75) is 23.1 Å². The standard InChI is InChI=1S/C17H21N3O6S2/c1-3-9-19-15-8-7-13(27(18,22)23)11-16(15)20-28(24,25)14-6-4-5-12(10-14)17(21)26-2/h4-8,10-11,19-20H,3,9H2,1-2H3,(H2,18,22,23). The third-order valence-corrected chi connectivity index (χ3v) is 5.97. The van der Waals surface area contributed by atoms with Gasteiger partial charge in [-0.2, -0.15) is 0 Å². The molecular formula is C17H21N3O6S2. The van der Waals surface area contributed by atoms with Gasteiger partial charge in [0.1, 0.15) is 0 Å². The number of esters is 1. The molecule has 0 aliphatic carbocycles. The van der Waals surface area contributed by atoms with Crippen molar-refractivity contribution in [1.29, 1.82) is 0 Å². The molecule has 0 heterocycles. The van der Waals surface area contributed by atoms with E-state index in [2.05, 4.69) is 14.8 Å². The van der Waals surface area contributed by atoms with Crippen LogP contribution >= 0.6 is 0 Å². The smallest absolute Gasteiger partial charge is 0.337 e. The minimum atomic E-state index is -4.12. The predicted octanol–water partition coefficient (Wildman–Crippen LogP) is 1.74. The van der Waals surface area contributed by atoms with Crippen LogP contribution in [0.15, 0.2) is 52.3 Å². The summed E-state index contributed by atoms with van der Waals surface area (Å²) in [6.07, 6.45) is 0.768. The summed E-state index contributed by atoms with van der Waals surface area (Å²) in [6.45, 7) is 2.47. The van der Waals surface area contributed by atoms with Crippen LogP contribution in [-0.2, 0) is 24.8 Å². The van der Waals surface area contributed by atoms with Crippen LogP contribution in [0.5, 0.6) is 0 Å². The van der Waals surface area contributed by atoms with Crippen molar-refractivity contribution >= 4 is 37.4 Å². The van der Waals surface area contributed by atoms with Gasteiger partial charge in [-0.05, 0) is 42.8 Å². The lowest BCUT2D eigenvalue weighted by molar-refractivity contribution is 0.0600. The zero-order valence-electron chi connectivity index (χ0n) is 15.3. The largest absolute Gasteiger partial charge is 0.465 e. The topological polar surface area (TPSA) is 145 Å². The molecule has 2 aromatic carbocycles. The SMILES string of the molecule is CCCNc1ccc(S(N)(=O)=O)cc1NS(=O)(=O)c1cccc(C(=O)OC)c1. The number of benzene rings is 2. The Morgan fingerprint density at radius 3 is 2.36 bits per heavy atom. The second-order valence-electron chi connectivity index (χ2n) is 5.80. The van der Waals surface area contributed by atoms with E-state index in [1.807, 2.05) is 6.92 Å². The van der Waals surface area contributed by atoms with E-state index >= 15 is 0 Å². The summed E-state index contributed by atoms with van der Waals surface area (Å²) >= 11 is 0. The van der Waals surface area contributed by atoms with Gasteiger partial charge in [0.25, 0.3) is 10.0 Å². The summed E-state index contributed by atoms with van der Waals surface area (Å²) in [5, 5.41) is 8.16. The van der Waals surface area contributed by atoms with Gasteiger partial charge in [-0.25, -0.2) is 26.8 Å². The Labute approximate surface area is 164 Å². The molecule has 0 amide bonds. The van der Waals surface area contributed by atoms with Gasteiger partial charge in [0.2, 0.25) is 10.0 Å². The van der Waals surface area contributed by atoms with Gasteiger partial charge in [0, 0.05) is 6.54 Å². The molecule has 2 aromatic rings. The van der Waals surface area contributed by atoms with Crippen molar-refractivity contribution < 1.29 is 26.4 Å². The fourth-order valence-electron chi connectivity index (χ4n) is 2.31. The molecule has 0 saturated carbocycles. The lowest BCUT2D eigenvalue weighted by Gasteiger charge is -2.15. The molecular weight excluding hydrogens is 406 g/mol. The van der Waals surface area contributed by atoms with Crippen molar-refractivity contribution in [1.82, 2.24) is 0 Å². The maximum atomic E-state index is 12.8. The van der Waals surface area contributed by atoms with E-state index < -0.39 is 26.0 Å². The van der Waals surface area contributed by atoms with E-state index in [0.717, 1.165) is 18.6 Å². The lowest BCUT2D eigenvalue weighted by Crippen LogP contribution is -2.17. The molecule has 0 spiro atoms. The number of anilines is 2. The number of rotatable bonds is 8. The molecule has 0 radical (unpaired) electrons. The average molecular weight is 428 g/mol. The molecule has 2 rings (SSSR count). The Kier molecular flexibility index (Phi) is 6.65. The van der Waals surface area contributed by atoms with Crippen LogP contribution in [0.3, 0.4) is 0 Å². The van der Waals surface area contributed by atoms with E-state index in [1.165, 1.54) is 37.4 Å². The van der Waals surface area contributed by atoms with Gasteiger partial charge < -0.3 is 10.1 Å². The van der Waals surface area contributed by atoms with Crippen LogP contribution in [0.4, 0.5) is 11.4 Å². The van der Waals surface area contributed by atoms with Crippen LogP contribution < -0.4 is 15.2 Å². The summed E-state index contributed by atoms with van der Waals surface area (Å²) in [4.78, 5) is 11.2. The molecule has 0 bridgehead atoms. The first-order valence-corrected chi connectivity index (χ1v) is 11.2. The number of ether oxygens (including phenoxy) is 1. The number of primary sulfonamides is 1. The Hall–Kier alpha value is -2.63. The number of carbonyl (C=O) groups excluding carboxylic acids is 1. The average Bonchev–Trinajstić information content (AvgIpc) is 2.65. The number of methoxy groups -OCH3 is 1. The van der Waals surface area contributed by atoms with Crippen molar-refractivity contribution in [3.05, 3.63) is 48.0 Å². The van der Waals surface area contributed by atoms with E-state index in [9.17, 15) is 21.6 Å². The lowest BCUT2D eigenvalue weighted by atomic mass is 10.2. The van der Waals surface area contributed by atoms with E-state index in [-0.39, 0.29) is 21.0 Å². The van der Waals surface area contributed by atoms with Gasteiger partial charge >= 0.3 is 5.97 Å². The quantitative estimate of drug-likeness (QED) is 0.544.